The topological polar surface area (TPSA) is 94.2 Å². The Bertz CT molecular complexity index is 864. The van der Waals surface area contributed by atoms with Crippen LogP contribution in [-0.2, 0) is 14.8 Å². The molecular formula is C19H24N2O6S. The molecule has 0 aromatic heterocycles. The Balaban J connectivity index is 1.69. The van der Waals surface area contributed by atoms with Crippen molar-refractivity contribution in [3.8, 4) is 17.2 Å². The lowest BCUT2D eigenvalue weighted by Crippen LogP contribution is -2.32. The Kier molecular flexibility index (Phi) is 7.65. The standard InChI is InChI=1S/C19H24N2O6S/c1-21(2)28(23,24)18-10-8-16(9-11-18)26-13-12-20-19(22)14-27-17-6-4-15(25-3)5-7-17/h4-11H,12-14H2,1-3H3,(H,20,22). The summed E-state index contributed by atoms with van der Waals surface area (Å²) in [4.78, 5) is 12.0. The van der Waals surface area contributed by atoms with Crippen molar-refractivity contribution in [3.05, 3.63) is 48.5 Å². The summed E-state index contributed by atoms with van der Waals surface area (Å²) in [5, 5.41) is 2.68. The number of hydrogen-bond donors (Lipinski definition) is 1. The Morgan fingerprint density at radius 1 is 0.929 bits per heavy atom. The molecule has 2 aromatic rings. The van der Waals surface area contributed by atoms with Gasteiger partial charge >= 0.3 is 0 Å². The number of carbonyl (C=O) groups excluding carboxylic acids is 1. The van der Waals surface area contributed by atoms with Gasteiger partial charge in [-0.2, -0.15) is 0 Å². The van der Waals surface area contributed by atoms with Crippen molar-refractivity contribution in [2.75, 3.05) is 41.0 Å². The van der Waals surface area contributed by atoms with Crippen molar-refractivity contribution in [2.24, 2.45) is 0 Å². The zero-order valence-corrected chi connectivity index (χ0v) is 16.9. The average Bonchev–Trinajstić information content (AvgIpc) is 2.70. The maximum atomic E-state index is 12.0. The predicted molar refractivity (Wildman–Crippen MR) is 104 cm³/mol. The van der Waals surface area contributed by atoms with Gasteiger partial charge in [0.1, 0.15) is 23.9 Å². The summed E-state index contributed by atoms with van der Waals surface area (Å²) in [6, 6.07) is 13.0. The van der Waals surface area contributed by atoms with E-state index >= 15 is 0 Å². The van der Waals surface area contributed by atoms with Gasteiger partial charge in [-0.1, -0.05) is 0 Å². The number of nitrogens with one attached hydrogen (secondary N) is 1. The van der Waals surface area contributed by atoms with Crippen molar-refractivity contribution in [3.63, 3.8) is 0 Å². The summed E-state index contributed by atoms with van der Waals surface area (Å²) in [5.41, 5.74) is 0. The van der Waals surface area contributed by atoms with Crippen LogP contribution < -0.4 is 19.5 Å². The number of hydrogen-bond acceptors (Lipinski definition) is 6. The summed E-state index contributed by atoms with van der Waals surface area (Å²) in [6.45, 7) is 0.431. The predicted octanol–water partition coefficient (Wildman–Crippen LogP) is 1.52. The molecule has 0 fully saturated rings. The first kappa shape index (κ1) is 21.5. The summed E-state index contributed by atoms with van der Waals surface area (Å²) in [7, 11) is 1.06. The third-order valence-corrected chi connectivity index (χ3v) is 5.55. The molecule has 0 radical (unpaired) electrons. The highest BCUT2D eigenvalue weighted by molar-refractivity contribution is 7.89. The van der Waals surface area contributed by atoms with E-state index in [1.807, 2.05) is 0 Å². The van der Waals surface area contributed by atoms with Gasteiger partial charge in [0.25, 0.3) is 5.91 Å². The number of ether oxygens (including phenoxy) is 3. The van der Waals surface area contributed by atoms with E-state index in [9.17, 15) is 13.2 Å². The molecule has 0 aliphatic rings. The van der Waals surface area contributed by atoms with Crippen molar-refractivity contribution in [1.82, 2.24) is 9.62 Å². The molecule has 0 saturated heterocycles. The van der Waals surface area contributed by atoms with Crippen LogP contribution in [0.25, 0.3) is 0 Å². The molecule has 0 bridgehead atoms. The van der Waals surface area contributed by atoms with Crippen LogP contribution in [0.1, 0.15) is 0 Å². The molecule has 28 heavy (non-hydrogen) atoms. The smallest absolute Gasteiger partial charge is 0.258 e. The van der Waals surface area contributed by atoms with Gasteiger partial charge in [-0.3, -0.25) is 4.79 Å². The zero-order valence-electron chi connectivity index (χ0n) is 16.0. The van der Waals surface area contributed by atoms with E-state index in [1.54, 1.807) is 43.5 Å². The quantitative estimate of drug-likeness (QED) is 0.599. The van der Waals surface area contributed by atoms with Gasteiger partial charge < -0.3 is 19.5 Å². The first-order valence-electron chi connectivity index (χ1n) is 8.52. The van der Waals surface area contributed by atoms with Gasteiger partial charge in [-0.15, -0.1) is 0 Å². The zero-order chi connectivity index (χ0) is 20.6. The fourth-order valence-corrected chi connectivity index (χ4v) is 3.05. The van der Waals surface area contributed by atoms with Gasteiger partial charge in [0.2, 0.25) is 10.0 Å². The maximum Gasteiger partial charge on any atom is 0.258 e. The second kappa shape index (κ2) is 9.95. The average molecular weight is 408 g/mol. The molecule has 0 unspecified atom stereocenters. The molecule has 2 aromatic carbocycles. The van der Waals surface area contributed by atoms with Crippen LogP contribution >= 0.6 is 0 Å². The van der Waals surface area contributed by atoms with Gasteiger partial charge in [0, 0.05) is 14.1 Å². The van der Waals surface area contributed by atoms with E-state index in [1.165, 1.54) is 26.2 Å². The van der Waals surface area contributed by atoms with E-state index in [0.29, 0.717) is 23.8 Å². The minimum absolute atomic E-state index is 0.108. The Labute approximate surface area is 165 Å². The third kappa shape index (κ3) is 6.14. The van der Waals surface area contributed by atoms with E-state index < -0.39 is 10.0 Å². The molecule has 1 amide bonds. The van der Waals surface area contributed by atoms with Crippen LogP contribution in [0.15, 0.2) is 53.4 Å². The second-order valence-electron chi connectivity index (χ2n) is 5.92. The first-order valence-corrected chi connectivity index (χ1v) is 9.96. The van der Waals surface area contributed by atoms with Gasteiger partial charge in [0.15, 0.2) is 6.61 Å². The number of benzene rings is 2. The lowest BCUT2D eigenvalue weighted by molar-refractivity contribution is -0.123. The number of amides is 1. The van der Waals surface area contributed by atoms with E-state index in [-0.39, 0.29) is 24.0 Å². The number of methoxy groups -OCH3 is 1. The molecule has 8 nitrogen and oxygen atoms in total. The second-order valence-corrected chi connectivity index (χ2v) is 8.07. The fourth-order valence-electron chi connectivity index (χ4n) is 2.15. The van der Waals surface area contributed by atoms with Crippen molar-refractivity contribution >= 4 is 15.9 Å². The molecular weight excluding hydrogens is 384 g/mol. The van der Waals surface area contributed by atoms with E-state index in [2.05, 4.69) is 5.32 Å². The number of rotatable bonds is 10. The highest BCUT2D eigenvalue weighted by atomic mass is 32.2. The lowest BCUT2D eigenvalue weighted by Gasteiger charge is -2.12. The number of carbonyl (C=O) groups is 1. The van der Waals surface area contributed by atoms with Gasteiger partial charge in [0.05, 0.1) is 18.6 Å². The lowest BCUT2D eigenvalue weighted by atomic mass is 10.3. The van der Waals surface area contributed by atoms with Gasteiger partial charge in [-0.05, 0) is 48.5 Å². The number of nitrogens with zero attached hydrogens (tertiary/aromatic N) is 1. The Morgan fingerprint density at radius 2 is 1.46 bits per heavy atom. The van der Waals surface area contributed by atoms with Crippen molar-refractivity contribution in [2.45, 2.75) is 4.90 Å². The molecule has 0 aliphatic carbocycles. The summed E-state index contributed by atoms with van der Waals surface area (Å²) < 4.78 is 41.1. The highest BCUT2D eigenvalue weighted by Gasteiger charge is 2.16. The Morgan fingerprint density at radius 3 is 2.04 bits per heavy atom. The Hall–Kier alpha value is -2.78. The first-order chi connectivity index (χ1) is 13.3. The van der Waals surface area contributed by atoms with E-state index in [4.69, 9.17) is 14.2 Å². The summed E-state index contributed by atoms with van der Waals surface area (Å²) >= 11 is 0. The minimum atomic E-state index is -3.46. The molecule has 2 rings (SSSR count). The van der Waals surface area contributed by atoms with Crippen molar-refractivity contribution in [1.29, 1.82) is 0 Å². The van der Waals surface area contributed by atoms with Crippen LogP contribution in [0, 0.1) is 0 Å². The van der Waals surface area contributed by atoms with Crippen LogP contribution in [0.2, 0.25) is 0 Å². The largest absolute Gasteiger partial charge is 0.497 e. The molecule has 1 N–H and O–H groups in total. The van der Waals surface area contributed by atoms with Crippen molar-refractivity contribution < 1.29 is 27.4 Å². The fraction of sp³-hybridized carbons (Fsp3) is 0.316. The molecule has 9 heteroatoms. The molecule has 0 saturated carbocycles. The molecule has 0 aliphatic heterocycles. The third-order valence-electron chi connectivity index (χ3n) is 3.72. The minimum Gasteiger partial charge on any atom is -0.497 e. The monoisotopic (exact) mass is 408 g/mol. The molecule has 152 valence electrons. The summed E-state index contributed by atoms with van der Waals surface area (Å²) in [5.74, 6) is 1.52. The molecule has 0 atom stereocenters. The maximum absolute atomic E-state index is 12.0. The summed E-state index contributed by atoms with van der Waals surface area (Å²) in [6.07, 6.45) is 0. The van der Waals surface area contributed by atoms with Crippen LogP contribution in [0.3, 0.4) is 0 Å². The van der Waals surface area contributed by atoms with Crippen LogP contribution in [-0.4, -0.2) is 59.6 Å². The van der Waals surface area contributed by atoms with Crippen LogP contribution in [0.4, 0.5) is 0 Å². The van der Waals surface area contributed by atoms with E-state index in [0.717, 1.165) is 4.31 Å². The van der Waals surface area contributed by atoms with Gasteiger partial charge in [-0.25, -0.2) is 12.7 Å². The SMILES string of the molecule is COc1ccc(OCC(=O)NCCOc2ccc(S(=O)(=O)N(C)C)cc2)cc1. The number of sulfonamides is 1. The molecule has 0 heterocycles. The highest BCUT2D eigenvalue weighted by Crippen LogP contribution is 2.18. The molecule has 0 spiro atoms. The normalized spacial score (nSPS) is 11.1. The van der Waals surface area contributed by atoms with Crippen LogP contribution in [0.5, 0.6) is 17.2 Å².